The fraction of sp³-hybridized carbons (Fsp3) is 0.833. The Morgan fingerprint density at radius 2 is 1.78 bits per heavy atom. The monoisotopic (exact) mass is 260 g/mol. The van der Waals surface area contributed by atoms with Crippen molar-refractivity contribution < 1.29 is 19.1 Å². The highest BCUT2D eigenvalue weighted by atomic mass is 16.6. The maximum atomic E-state index is 11.4. The van der Waals surface area contributed by atoms with Gasteiger partial charge in [0, 0.05) is 12.1 Å². The number of hydrogen-bond acceptors (Lipinski definition) is 5. The van der Waals surface area contributed by atoms with E-state index in [-0.39, 0.29) is 18.9 Å². The van der Waals surface area contributed by atoms with E-state index in [1.807, 2.05) is 0 Å². The van der Waals surface area contributed by atoms with Crippen LogP contribution in [0.15, 0.2) is 0 Å². The van der Waals surface area contributed by atoms with Gasteiger partial charge in [0.05, 0.1) is 13.0 Å². The van der Waals surface area contributed by atoms with Gasteiger partial charge in [0.2, 0.25) is 0 Å². The standard InChI is InChI=1S/C12H24N2O4/c1-6-17-9(15)7-12(5,13)8-14-10(16)18-11(2,3)4/h6-8,13H2,1-5H3,(H,14,16). The summed E-state index contributed by atoms with van der Waals surface area (Å²) in [4.78, 5) is 22.7. The Labute approximate surface area is 108 Å². The molecule has 0 spiro atoms. The summed E-state index contributed by atoms with van der Waals surface area (Å²) in [5, 5.41) is 2.53. The van der Waals surface area contributed by atoms with E-state index in [1.165, 1.54) is 0 Å². The number of carbonyl (C=O) groups excluding carboxylic acids is 2. The first-order valence-electron chi connectivity index (χ1n) is 5.97. The average molecular weight is 260 g/mol. The van der Waals surface area contributed by atoms with Crippen molar-refractivity contribution in [3.05, 3.63) is 0 Å². The minimum atomic E-state index is -0.858. The van der Waals surface area contributed by atoms with Crippen LogP contribution in [0, 0.1) is 0 Å². The highest BCUT2D eigenvalue weighted by Gasteiger charge is 2.25. The summed E-state index contributed by atoms with van der Waals surface area (Å²) >= 11 is 0. The van der Waals surface area contributed by atoms with Gasteiger partial charge in [-0.15, -0.1) is 0 Å². The van der Waals surface area contributed by atoms with Gasteiger partial charge < -0.3 is 20.5 Å². The van der Waals surface area contributed by atoms with Gasteiger partial charge >= 0.3 is 12.1 Å². The number of esters is 1. The predicted molar refractivity (Wildman–Crippen MR) is 68.1 cm³/mol. The summed E-state index contributed by atoms with van der Waals surface area (Å²) in [6.45, 7) is 9.16. The first kappa shape index (κ1) is 16.7. The molecule has 0 heterocycles. The lowest BCUT2D eigenvalue weighted by atomic mass is 10.00. The molecule has 18 heavy (non-hydrogen) atoms. The van der Waals surface area contributed by atoms with Crippen molar-refractivity contribution in [2.75, 3.05) is 13.2 Å². The lowest BCUT2D eigenvalue weighted by molar-refractivity contribution is -0.144. The molecule has 0 aromatic rings. The highest BCUT2D eigenvalue weighted by Crippen LogP contribution is 2.08. The van der Waals surface area contributed by atoms with Gasteiger partial charge in [0.25, 0.3) is 0 Å². The maximum absolute atomic E-state index is 11.4. The lowest BCUT2D eigenvalue weighted by Gasteiger charge is -2.25. The van der Waals surface area contributed by atoms with Crippen LogP contribution in [-0.2, 0) is 14.3 Å². The molecular weight excluding hydrogens is 236 g/mol. The quantitative estimate of drug-likeness (QED) is 0.724. The van der Waals surface area contributed by atoms with Gasteiger partial charge in [-0.05, 0) is 34.6 Å². The van der Waals surface area contributed by atoms with E-state index < -0.39 is 17.2 Å². The van der Waals surface area contributed by atoms with Gasteiger partial charge in [-0.1, -0.05) is 0 Å². The van der Waals surface area contributed by atoms with Crippen molar-refractivity contribution in [3.8, 4) is 0 Å². The molecule has 6 nitrogen and oxygen atoms in total. The fourth-order valence-electron chi connectivity index (χ4n) is 1.19. The number of hydrogen-bond donors (Lipinski definition) is 2. The van der Waals surface area contributed by atoms with E-state index >= 15 is 0 Å². The van der Waals surface area contributed by atoms with Crippen molar-refractivity contribution in [1.29, 1.82) is 0 Å². The molecule has 0 aliphatic carbocycles. The predicted octanol–water partition coefficient (Wildman–Crippen LogP) is 1.18. The van der Waals surface area contributed by atoms with Crippen molar-refractivity contribution in [1.82, 2.24) is 5.32 Å². The Balaban J connectivity index is 4.10. The van der Waals surface area contributed by atoms with Crippen LogP contribution in [0.5, 0.6) is 0 Å². The highest BCUT2D eigenvalue weighted by molar-refractivity contribution is 5.71. The minimum Gasteiger partial charge on any atom is -0.466 e. The van der Waals surface area contributed by atoms with Crippen LogP contribution in [0.25, 0.3) is 0 Å². The third-order valence-corrected chi connectivity index (χ3v) is 1.89. The summed E-state index contributed by atoms with van der Waals surface area (Å²) in [5.41, 5.74) is 4.47. The van der Waals surface area contributed by atoms with Crippen LogP contribution in [0.3, 0.4) is 0 Å². The van der Waals surface area contributed by atoms with Crippen LogP contribution >= 0.6 is 0 Å². The van der Waals surface area contributed by atoms with Crippen molar-refractivity contribution in [2.45, 2.75) is 52.2 Å². The van der Waals surface area contributed by atoms with Crippen LogP contribution in [0.2, 0.25) is 0 Å². The molecule has 0 saturated heterocycles. The molecule has 3 N–H and O–H groups in total. The molecule has 0 aliphatic heterocycles. The van der Waals surface area contributed by atoms with Crippen LogP contribution < -0.4 is 11.1 Å². The third kappa shape index (κ3) is 8.81. The SMILES string of the molecule is CCOC(=O)CC(C)(N)CNC(=O)OC(C)(C)C. The third-order valence-electron chi connectivity index (χ3n) is 1.89. The number of amides is 1. The Kier molecular flexibility index (Phi) is 6.11. The smallest absolute Gasteiger partial charge is 0.407 e. The summed E-state index contributed by atoms with van der Waals surface area (Å²) in [5.74, 6) is -0.381. The molecule has 0 aromatic heterocycles. The molecule has 1 amide bonds. The zero-order chi connectivity index (χ0) is 14.4. The Morgan fingerprint density at radius 3 is 2.22 bits per heavy atom. The molecule has 0 aromatic carbocycles. The second-order valence-electron chi connectivity index (χ2n) is 5.49. The number of nitrogens with one attached hydrogen (secondary N) is 1. The molecule has 106 valence electrons. The number of nitrogens with two attached hydrogens (primary N) is 1. The first-order valence-corrected chi connectivity index (χ1v) is 5.97. The van der Waals surface area contributed by atoms with Gasteiger partial charge in [-0.3, -0.25) is 4.79 Å². The number of ether oxygens (including phenoxy) is 2. The largest absolute Gasteiger partial charge is 0.466 e. The molecule has 0 saturated carbocycles. The van der Waals surface area contributed by atoms with E-state index in [1.54, 1.807) is 34.6 Å². The van der Waals surface area contributed by atoms with E-state index in [4.69, 9.17) is 15.2 Å². The lowest BCUT2D eigenvalue weighted by Crippen LogP contribution is -2.50. The Morgan fingerprint density at radius 1 is 1.22 bits per heavy atom. The molecule has 0 radical (unpaired) electrons. The zero-order valence-electron chi connectivity index (χ0n) is 11.8. The second-order valence-corrected chi connectivity index (χ2v) is 5.49. The van der Waals surface area contributed by atoms with E-state index in [0.29, 0.717) is 6.61 Å². The van der Waals surface area contributed by atoms with E-state index in [2.05, 4.69) is 5.32 Å². The maximum Gasteiger partial charge on any atom is 0.407 e. The summed E-state index contributed by atoms with van der Waals surface area (Å²) < 4.78 is 9.87. The molecule has 0 fully saturated rings. The van der Waals surface area contributed by atoms with Crippen molar-refractivity contribution in [2.24, 2.45) is 5.73 Å². The summed E-state index contributed by atoms with van der Waals surface area (Å²) in [6.07, 6.45) is -0.514. The number of carbonyl (C=O) groups is 2. The van der Waals surface area contributed by atoms with Gasteiger partial charge in [0.1, 0.15) is 5.60 Å². The van der Waals surface area contributed by atoms with E-state index in [9.17, 15) is 9.59 Å². The van der Waals surface area contributed by atoms with Gasteiger partial charge in [0.15, 0.2) is 0 Å². The first-order chi connectivity index (χ1) is 8.06. The summed E-state index contributed by atoms with van der Waals surface area (Å²) in [6, 6.07) is 0. The number of rotatable bonds is 5. The van der Waals surface area contributed by atoms with Gasteiger partial charge in [-0.2, -0.15) is 0 Å². The normalized spacial score (nSPS) is 14.6. The average Bonchev–Trinajstić information content (AvgIpc) is 2.11. The minimum absolute atomic E-state index is 0.0383. The Hall–Kier alpha value is -1.30. The molecule has 0 bridgehead atoms. The number of alkyl carbamates (subject to hydrolysis) is 1. The van der Waals surface area contributed by atoms with Crippen molar-refractivity contribution in [3.63, 3.8) is 0 Å². The topological polar surface area (TPSA) is 90.6 Å². The second kappa shape index (κ2) is 6.58. The van der Waals surface area contributed by atoms with Crippen LogP contribution in [0.1, 0.15) is 41.0 Å². The summed E-state index contributed by atoms with van der Waals surface area (Å²) in [7, 11) is 0. The molecule has 0 aliphatic rings. The molecule has 1 atom stereocenters. The zero-order valence-corrected chi connectivity index (χ0v) is 11.8. The molecule has 0 rings (SSSR count). The van der Waals surface area contributed by atoms with Crippen molar-refractivity contribution >= 4 is 12.1 Å². The molecule has 1 unspecified atom stereocenters. The molecule has 6 heteroatoms. The van der Waals surface area contributed by atoms with Crippen LogP contribution in [0.4, 0.5) is 4.79 Å². The van der Waals surface area contributed by atoms with Gasteiger partial charge in [-0.25, -0.2) is 4.79 Å². The van der Waals surface area contributed by atoms with Crippen LogP contribution in [-0.4, -0.2) is 36.4 Å². The Bertz CT molecular complexity index is 295. The molecular formula is C12H24N2O4. The fourth-order valence-corrected chi connectivity index (χ4v) is 1.19. The van der Waals surface area contributed by atoms with E-state index in [0.717, 1.165) is 0 Å².